The molecule has 3 rings (SSSR count). The monoisotopic (exact) mass is 237 g/mol. The Balaban J connectivity index is 1.80. The first-order valence-electron chi connectivity index (χ1n) is 5.87. The van der Waals surface area contributed by atoms with Crippen molar-refractivity contribution in [3.8, 4) is 5.75 Å². The quantitative estimate of drug-likeness (QED) is 0.796. The topological polar surface area (TPSA) is 34.0 Å². The van der Waals surface area contributed by atoms with Gasteiger partial charge in [-0.1, -0.05) is 30.3 Å². The van der Waals surface area contributed by atoms with Crippen LogP contribution in [0.2, 0.25) is 0 Å². The Bertz CT molecular complexity index is 575. The van der Waals surface area contributed by atoms with E-state index in [0.29, 0.717) is 0 Å². The maximum absolute atomic E-state index is 5.15. The zero-order chi connectivity index (χ0) is 12.4. The summed E-state index contributed by atoms with van der Waals surface area (Å²) in [6.45, 7) is 0. The molecule has 0 saturated carbocycles. The lowest BCUT2D eigenvalue weighted by Crippen LogP contribution is -1.98. The molecule has 0 spiro atoms. The number of hydrogen-bond acceptors (Lipinski definition) is 3. The molecule has 1 radical (unpaired) electrons. The number of benzene rings is 2. The molecule has 0 saturated heterocycles. The van der Waals surface area contributed by atoms with Crippen molar-refractivity contribution in [2.75, 3.05) is 7.11 Å². The van der Waals surface area contributed by atoms with Gasteiger partial charge in [0.15, 0.2) is 0 Å². The minimum Gasteiger partial charge on any atom is -0.497 e. The summed E-state index contributed by atoms with van der Waals surface area (Å²) >= 11 is 0. The molecule has 0 bridgehead atoms. The summed E-state index contributed by atoms with van der Waals surface area (Å²) in [6.07, 6.45) is 0.796. The second kappa shape index (κ2) is 4.61. The molecule has 18 heavy (non-hydrogen) atoms. The van der Waals surface area contributed by atoms with E-state index in [2.05, 4.69) is 28.4 Å². The SMILES string of the molecule is COc1ccc(C[C]2N=Nc3ccccc32)cc1. The van der Waals surface area contributed by atoms with Crippen LogP contribution >= 0.6 is 0 Å². The highest BCUT2D eigenvalue weighted by Crippen LogP contribution is 2.36. The predicted molar refractivity (Wildman–Crippen MR) is 70.0 cm³/mol. The van der Waals surface area contributed by atoms with E-state index in [1.165, 1.54) is 5.56 Å². The van der Waals surface area contributed by atoms with E-state index in [9.17, 15) is 0 Å². The Morgan fingerprint density at radius 2 is 1.72 bits per heavy atom. The molecule has 3 nitrogen and oxygen atoms in total. The van der Waals surface area contributed by atoms with E-state index in [-0.39, 0.29) is 0 Å². The van der Waals surface area contributed by atoms with Crippen molar-refractivity contribution in [3.05, 3.63) is 65.7 Å². The molecular weight excluding hydrogens is 224 g/mol. The highest BCUT2D eigenvalue weighted by molar-refractivity contribution is 5.56. The van der Waals surface area contributed by atoms with Gasteiger partial charge >= 0.3 is 0 Å². The third kappa shape index (κ3) is 1.99. The first kappa shape index (κ1) is 11.0. The van der Waals surface area contributed by atoms with Crippen LogP contribution in [0.25, 0.3) is 0 Å². The average molecular weight is 237 g/mol. The van der Waals surface area contributed by atoms with Crippen LogP contribution in [0.15, 0.2) is 58.8 Å². The summed E-state index contributed by atoms with van der Waals surface area (Å²) in [5.41, 5.74) is 3.30. The third-order valence-corrected chi connectivity index (χ3v) is 3.02. The van der Waals surface area contributed by atoms with Crippen LogP contribution in [0.3, 0.4) is 0 Å². The lowest BCUT2D eigenvalue weighted by molar-refractivity contribution is 0.414. The summed E-state index contributed by atoms with van der Waals surface area (Å²) in [5.74, 6) is 0.872. The number of rotatable bonds is 3. The molecule has 0 aromatic heterocycles. The normalized spacial score (nSPS) is 13.6. The Hall–Kier alpha value is -2.16. The molecule has 1 aliphatic rings. The van der Waals surface area contributed by atoms with Crippen molar-refractivity contribution in [3.63, 3.8) is 0 Å². The molecule has 0 amide bonds. The highest BCUT2D eigenvalue weighted by Gasteiger charge is 2.21. The van der Waals surface area contributed by atoms with Crippen LogP contribution in [0.4, 0.5) is 5.69 Å². The molecule has 0 fully saturated rings. The van der Waals surface area contributed by atoms with Crippen molar-refractivity contribution in [1.29, 1.82) is 0 Å². The van der Waals surface area contributed by atoms with Gasteiger partial charge in [-0.05, 0) is 23.8 Å². The van der Waals surface area contributed by atoms with E-state index in [0.717, 1.165) is 29.5 Å². The molecule has 0 atom stereocenters. The fraction of sp³-hybridized carbons (Fsp3) is 0.133. The lowest BCUT2D eigenvalue weighted by atomic mass is 9.99. The van der Waals surface area contributed by atoms with Crippen LogP contribution in [0.5, 0.6) is 5.75 Å². The van der Waals surface area contributed by atoms with E-state index in [1.54, 1.807) is 7.11 Å². The van der Waals surface area contributed by atoms with Crippen LogP contribution in [-0.2, 0) is 6.42 Å². The standard InChI is InChI=1S/C15H13N2O/c1-18-12-8-6-11(7-9-12)10-15-13-4-2-3-5-14(13)16-17-15/h2-9H,10H2,1H3. The van der Waals surface area contributed by atoms with Crippen molar-refractivity contribution in [1.82, 2.24) is 0 Å². The number of nitrogens with zero attached hydrogens (tertiary/aromatic N) is 2. The van der Waals surface area contributed by atoms with E-state index in [1.807, 2.05) is 30.3 Å². The van der Waals surface area contributed by atoms with E-state index in [4.69, 9.17) is 4.74 Å². The Kier molecular flexibility index (Phi) is 2.81. The molecule has 2 aromatic rings. The molecule has 0 N–H and O–H groups in total. The van der Waals surface area contributed by atoms with Gasteiger partial charge in [-0.15, -0.1) is 0 Å². The molecule has 3 heteroatoms. The highest BCUT2D eigenvalue weighted by atomic mass is 16.5. The molecular formula is C15H13N2O. The fourth-order valence-corrected chi connectivity index (χ4v) is 2.04. The molecule has 1 heterocycles. The van der Waals surface area contributed by atoms with Crippen molar-refractivity contribution in [2.24, 2.45) is 10.2 Å². The van der Waals surface area contributed by atoms with Crippen molar-refractivity contribution in [2.45, 2.75) is 6.42 Å². The van der Waals surface area contributed by atoms with Crippen molar-refractivity contribution < 1.29 is 4.74 Å². The van der Waals surface area contributed by atoms with Crippen LogP contribution in [-0.4, -0.2) is 7.11 Å². The van der Waals surface area contributed by atoms with Gasteiger partial charge in [0.25, 0.3) is 0 Å². The maximum atomic E-state index is 5.15. The molecule has 1 aliphatic heterocycles. The zero-order valence-electron chi connectivity index (χ0n) is 10.1. The minimum absolute atomic E-state index is 0.796. The van der Waals surface area contributed by atoms with Gasteiger partial charge in [-0.2, -0.15) is 10.2 Å². The summed E-state index contributed by atoms with van der Waals surface area (Å²) in [7, 11) is 1.67. The second-order valence-corrected chi connectivity index (χ2v) is 4.19. The maximum Gasteiger partial charge on any atom is 0.144 e. The van der Waals surface area contributed by atoms with Crippen molar-refractivity contribution >= 4 is 5.69 Å². The van der Waals surface area contributed by atoms with Crippen LogP contribution < -0.4 is 4.74 Å². The number of fused-ring (bicyclic) bond motifs is 1. The number of azo groups is 1. The average Bonchev–Trinajstić information content (AvgIpc) is 2.83. The molecule has 2 aromatic carbocycles. The Morgan fingerprint density at radius 3 is 2.50 bits per heavy atom. The van der Waals surface area contributed by atoms with Gasteiger partial charge in [-0.3, -0.25) is 0 Å². The van der Waals surface area contributed by atoms with Gasteiger partial charge in [0.05, 0.1) is 12.8 Å². The lowest BCUT2D eigenvalue weighted by Gasteiger charge is -2.07. The Labute approximate surface area is 106 Å². The van der Waals surface area contributed by atoms with E-state index >= 15 is 0 Å². The Morgan fingerprint density at radius 1 is 0.944 bits per heavy atom. The molecule has 0 aliphatic carbocycles. The number of ether oxygens (including phenoxy) is 1. The van der Waals surface area contributed by atoms with Gasteiger partial charge in [0, 0.05) is 12.0 Å². The third-order valence-electron chi connectivity index (χ3n) is 3.02. The van der Waals surface area contributed by atoms with Crippen LogP contribution in [0, 0.1) is 6.04 Å². The molecule has 0 unspecified atom stereocenters. The summed E-state index contributed by atoms with van der Waals surface area (Å²) < 4.78 is 5.15. The van der Waals surface area contributed by atoms with Gasteiger partial charge < -0.3 is 4.74 Å². The van der Waals surface area contributed by atoms with Crippen LogP contribution in [0.1, 0.15) is 11.1 Å². The number of hydrogen-bond donors (Lipinski definition) is 0. The van der Waals surface area contributed by atoms with E-state index < -0.39 is 0 Å². The second-order valence-electron chi connectivity index (χ2n) is 4.19. The first-order valence-corrected chi connectivity index (χ1v) is 5.87. The van der Waals surface area contributed by atoms with Gasteiger partial charge in [-0.25, -0.2) is 0 Å². The summed E-state index contributed by atoms with van der Waals surface area (Å²) in [5, 5.41) is 8.43. The minimum atomic E-state index is 0.796. The fourth-order valence-electron chi connectivity index (χ4n) is 2.04. The largest absolute Gasteiger partial charge is 0.497 e. The van der Waals surface area contributed by atoms with Gasteiger partial charge in [0.2, 0.25) is 0 Å². The first-order chi connectivity index (χ1) is 8.86. The summed E-state index contributed by atoms with van der Waals surface area (Å²) in [6, 6.07) is 17.1. The summed E-state index contributed by atoms with van der Waals surface area (Å²) in [4.78, 5) is 0. The number of methoxy groups -OCH3 is 1. The molecule has 89 valence electrons. The predicted octanol–water partition coefficient (Wildman–Crippen LogP) is 3.92. The zero-order valence-corrected chi connectivity index (χ0v) is 10.1. The van der Waals surface area contributed by atoms with Gasteiger partial charge in [0.1, 0.15) is 11.8 Å². The smallest absolute Gasteiger partial charge is 0.144 e.